The van der Waals surface area contributed by atoms with E-state index in [-0.39, 0.29) is 17.7 Å². The number of hydrogen-bond donors (Lipinski definition) is 2. The number of amides is 2. The molecule has 0 aromatic heterocycles. The number of likely N-dealkylation sites (tertiary alicyclic amines) is 1. The molecule has 0 bridgehead atoms. The van der Waals surface area contributed by atoms with Crippen molar-refractivity contribution in [3.8, 4) is 0 Å². The van der Waals surface area contributed by atoms with Gasteiger partial charge in [0, 0.05) is 19.6 Å². The first-order chi connectivity index (χ1) is 9.08. The fourth-order valence-corrected chi connectivity index (χ4v) is 2.96. The zero-order valence-electron chi connectivity index (χ0n) is 11.9. The monoisotopic (exact) mass is 267 g/mol. The predicted molar refractivity (Wildman–Crippen MR) is 73.6 cm³/mol. The average Bonchev–Trinajstić information content (AvgIpc) is 2.91. The minimum absolute atomic E-state index is 0.00224. The lowest BCUT2D eigenvalue weighted by molar-refractivity contribution is -0.136. The van der Waals surface area contributed by atoms with Gasteiger partial charge in [0.25, 0.3) is 0 Å². The van der Waals surface area contributed by atoms with Crippen LogP contribution in [0.15, 0.2) is 0 Å². The highest BCUT2D eigenvalue weighted by Crippen LogP contribution is 2.16. The van der Waals surface area contributed by atoms with Gasteiger partial charge in [-0.05, 0) is 38.6 Å². The Balaban J connectivity index is 1.82. The summed E-state index contributed by atoms with van der Waals surface area (Å²) in [6, 6.07) is -0.400. The summed E-state index contributed by atoms with van der Waals surface area (Å²) in [5, 5.41) is 6.14. The van der Waals surface area contributed by atoms with Crippen LogP contribution in [0.1, 0.15) is 33.1 Å². The number of carbonyl (C=O) groups excluding carboxylic acids is 2. The van der Waals surface area contributed by atoms with Gasteiger partial charge in [0.1, 0.15) is 6.04 Å². The molecule has 0 aliphatic carbocycles. The molecule has 2 N–H and O–H groups in total. The molecule has 2 heterocycles. The second kappa shape index (κ2) is 6.37. The number of nitrogens with zero attached hydrogens (tertiary/aromatic N) is 1. The molecule has 3 unspecified atom stereocenters. The third kappa shape index (κ3) is 3.69. The Bertz CT molecular complexity index is 340. The highest BCUT2D eigenvalue weighted by molar-refractivity contribution is 5.88. The van der Waals surface area contributed by atoms with Gasteiger partial charge in [0.2, 0.25) is 11.8 Å². The molecule has 0 spiro atoms. The largest absolute Gasteiger partial charge is 0.344 e. The smallest absolute Gasteiger partial charge is 0.244 e. The van der Waals surface area contributed by atoms with E-state index in [4.69, 9.17) is 0 Å². The summed E-state index contributed by atoms with van der Waals surface area (Å²) >= 11 is 0. The van der Waals surface area contributed by atoms with Crippen LogP contribution < -0.4 is 10.6 Å². The van der Waals surface area contributed by atoms with Crippen LogP contribution in [0.2, 0.25) is 0 Å². The summed E-state index contributed by atoms with van der Waals surface area (Å²) in [6.07, 6.45) is 3.07. The molecule has 2 aliphatic rings. The van der Waals surface area contributed by atoms with E-state index in [0.29, 0.717) is 5.92 Å². The number of carbonyl (C=O) groups is 2. The second-order valence-electron chi connectivity index (χ2n) is 5.96. The first-order valence-corrected chi connectivity index (χ1v) is 7.38. The highest BCUT2D eigenvalue weighted by Gasteiger charge is 2.29. The molecule has 3 atom stereocenters. The zero-order valence-corrected chi connectivity index (χ0v) is 11.9. The standard InChI is InChI=1S/C14H25N3O2/c1-10-7-12(9-15-8-10)13(18)16-11(2)14(19)17-5-3-4-6-17/h10-12,15H,3-9H2,1-2H3,(H,16,18). The SMILES string of the molecule is CC1CNCC(C(=O)NC(C)C(=O)N2CCCC2)C1. The Morgan fingerprint density at radius 2 is 1.95 bits per heavy atom. The van der Waals surface area contributed by atoms with Gasteiger partial charge in [-0.15, -0.1) is 0 Å². The topological polar surface area (TPSA) is 61.4 Å². The van der Waals surface area contributed by atoms with Crippen LogP contribution in [0.4, 0.5) is 0 Å². The Morgan fingerprint density at radius 3 is 2.58 bits per heavy atom. The zero-order chi connectivity index (χ0) is 13.8. The van der Waals surface area contributed by atoms with Crippen molar-refractivity contribution in [2.75, 3.05) is 26.2 Å². The minimum Gasteiger partial charge on any atom is -0.344 e. The van der Waals surface area contributed by atoms with E-state index in [1.165, 1.54) is 0 Å². The molecular formula is C14H25N3O2. The third-order valence-electron chi connectivity index (χ3n) is 4.09. The molecule has 2 amide bonds. The third-order valence-corrected chi connectivity index (χ3v) is 4.09. The van der Waals surface area contributed by atoms with E-state index in [1.807, 2.05) is 4.90 Å². The van der Waals surface area contributed by atoms with Gasteiger partial charge < -0.3 is 15.5 Å². The molecule has 0 radical (unpaired) electrons. The lowest BCUT2D eigenvalue weighted by Crippen LogP contribution is -2.50. The van der Waals surface area contributed by atoms with Crippen molar-refractivity contribution in [3.63, 3.8) is 0 Å². The molecule has 0 aromatic carbocycles. The summed E-state index contributed by atoms with van der Waals surface area (Å²) in [4.78, 5) is 26.1. The predicted octanol–water partition coefficient (Wildman–Crippen LogP) is 0.359. The number of rotatable bonds is 3. The fourth-order valence-electron chi connectivity index (χ4n) is 2.96. The van der Waals surface area contributed by atoms with Crippen LogP contribution in [0.3, 0.4) is 0 Å². The molecule has 5 heteroatoms. The first-order valence-electron chi connectivity index (χ1n) is 7.38. The Labute approximate surface area is 115 Å². The van der Waals surface area contributed by atoms with E-state index >= 15 is 0 Å². The minimum atomic E-state index is -0.400. The maximum absolute atomic E-state index is 12.2. The molecule has 5 nitrogen and oxygen atoms in total. The van der Waals surface area contributed by atoms with Crippen molar-refractivity contribution in [2.24, 2.45) is 11.8 Å². The van der Waals surface area contributed by atoms with Crippen molar-refractivity contribution in [1.29, 1.82) is 0 Å². The quantitative estimate of drug-likeness (QED) is 0.776. The van der Waals surface area contributed by atoms with E-state index in [9.17, 15) is 9.59 Å². The van der Waals surface area contributed by atoms with Gasteiger partial charge in [0.05, 0.1) is 5.92 Å². The Hall–Kier alpha value is -1.10. The van der Waals surface area contributed by atoms with Crippen LogP contribution in [-0.4, -0.2) is 48.9 Å². The van der Waals surface area contributed by atoms with Gasteiger partial charge >= 0.3 is 0 Å². The molecule has 0 aromatic rings. The van der Waals surface area contributed by atoms with Crippen LogP contribution in [0, 0.1) is 11.8 Å². The van der Waals surface area contributed by atoms with Gasteiger partial charge in [-0.1, -0.05) is 6.92 Å². The fraction of sp³-hybridized carbons (Fsp3) is 0.857. The van der Waals surface area contributed by atoms with Crippen molar-refractivity contribution >= 4 is 11.8 Å². The van der Waals surface area contributed by atoms with Crippen LogP contribution in [-0.2, 0) is 9.59 Å². The van der Waals surface area contributed by atoms with E-state index < -0.39 is 6.04 Å². The molecule has 19 heavy (non-hydrogen) atoms. The Morgan fingerprint density at radius 1 is 1.26 bits per heavy atom. The van der Waals surface area contributed by atoms with E-state index in [0.717, 1.165) is 45.4 Å². The van der Waals surface area contributed by atoms with Gasteiger partial charge in [0.15, 0.2) is 0 Å². The lowest BCUT2D eigenvalue weighted by Gasteiger charge is -2.28. The van der Waals surface area contributed by atoms with Crippen LogP contribution >= 0.6 is 0 Å². The van der Waals surface area contributed by atoms with Crippen LogP contribution in [0.25, 0.3) is 0 Å². The average molecular weight is 267 g/mol. The molecule has 2 aliphatic heterocycles. The maximum atomic E-state index is 12.2. The summed E-state index contributed by atoms with van der Waals surface area (Å²) in [5.74, 6) is 0.591. The lowest BCUT2D eigenvalue weighted by atomic mass is 9.91. The highest BCUT2D eigenvalue weighted by atomic mass is 16.2. The van der Waals surface area contributed by atoms with E-state index in [2.05, 4.69) is 17.6 Å². The normalized spacial score (nSPS) is 29.1. The molecular weight excluding hydrogens is 242 g/mol. The van der Waals surface area contributed by atoms with Gasteiger partial charge in [-0.3, -0.25) is 9.59 Å². The second-order valence-corrected chi connectivity index (χ2v) is 5.96. The molecule has 2 fully saturated rings. The van der Waals surface area contributed by atoms with Crippen molar-refractivity contribution in [2.45, 2.75) is 39.2 Å². The maximum Gasteiger partial charge on any atom is 0.244 e. The van der Waals surface area contributed by atoms with Crippen LogP contribution in [0.5, 0.6) is 0 Å². The molecule has 0 saturated carbocycles. The van der Waals surface area contributed by atoms with E-state index in [1.54, 1.807) is 6.92 Å². The summed E-state index contributed by atoms with van der Waals surface area (Å²) in [5.41, 5.74) is 0. The van der Waals surface area contributed by atoms with Gasteiger partial charge in [-0.2, -0.15) is 0 Å². The summed E-state index contributed by atoms with van der Waals surface area (Å²) in [7, 11) is 0. The summed E-state index contributed by atoms with van der Waals surface area (Å²) < 4.78 is 0. The number of hydrogen-bond acceptors (Lipinski definition) is 3. The molecule has 108 valence electrons. The van der Waals surface area contributed by atoms with Crippen molar-refractivity contribution < 1.29 is 9.59 Å². The first kappa shape index (κ1) is 14.3. The Kier molecular flexibility index (Phi) is 4.80. The molecule has 2 saturated heterocycles. The number of piperidine rings is 1. The van der Waals surface area contributed by atoms with Crippen molar-refractivity contribution in [1.82, 2.24) is 15.5 Å². The number of nitrogens with one attached hydrogen (secondary N) is 2. The van der Waals surface area contributed by atoms with Gasteiger partial charge in [-0.25, -0.2) is 0 Å². The molecule has 2 rings (SSSR count). The summed E-state index contributed by atoms with van der Waals surface area (Å²) in [6.45, 7) is 7.30. The van der Waals surface area contributed by atoms with Crippen molar-refractivity contribution in [3.05, 3.63) is 0 Å².